The predicted octanol–water partition coefficient (Wildman–Crippen LogP) is 2.46. The Morgan fingerprint density at radius 2 is 1.65 bits per heavy atom. The van der Waals surface area contributed by atoms with E-state index in [0.717, 1.165) is 42.6 Å². The lowest BCUT2D eigenvalue weighted by atomic mass is 10.0. The quantitative estimate of drug-likeness (QED) is 0.356. The summed E-state index contributed by atoms with van der Waals surface area (Å²) in [5.74, 6) is -0.0642. The minimum absolute atomic E-state index is 0.0755. The van der Waals surface area contributed by atoms with Crippen LogP contribution in [0.1, 0.15) is 55.2 Å². The van der Waals surface area contributed by atoms with Gasteiger partial charge >= 0.3 is 0 Å². The minimum Gasteiger partial charge on any atom is -0.457 e. The molecular formula is C36H45N7O5. The number of likely N-dealkylation sites (tertiary alicyclic amines) is 2. The highest BCUT2D eigenvalue weighted by Crippen LogP contribution is 2.26. The first-order chi connectivity index (χ1) is 23.3. The highest BCUT2D eigenvalue weighted by Gasteiger charge is 2.36. The van der Waals surface area contributed by atoms with E-state index < -0.39 is 24.0 Å². The van der Waals surface area contributed by atoms with E-state index in [2.05, 4.69) is 25.9 Å². The van der Waals surface area contributed by atoms with Crippen molar-refractivity contribution in [1.29, 1.82) is 0 Å². The maximum Gasteiger partial charge on any atom is 0.243 e. The molecule has 4 bridgehead atoms. The van der Waals surface area contributed by atoms with Gasteiger partial charge in [-0.1, -0.05) is 30.7 Å². The van der Waals surface area contributed by atoms with Crippen LogP contribution in [0.3, 0.4) is 0 Å². The van der Waals surface area contributed by atoms with Gasteiger partial charge in [0.05, 0.1) is 6.20 Å². The van der Waals surface area contributed by atoms with E-state index in [1.807, 2.05) is 54.7 Å². The zero-order valence-corrected chi connectivity index (χ0v) is 27.5. The van der Waals surface area contributed by atoms with Gasteiger partial charge in [-0.2, -0.15) is 5.10 Å². The van der Waals surface area contributed by atoms with Gasteiger partial charge in [-0.15, -0.1) is 0 Å². The van der Waals surface area contributed by atoms with E-state index in [0.29, 0.717) is 43.9 Å². The van der Waals surface area contributed by atoms with Gasteiger partial charge in [-0.3, -0.25) is 23.9 Å². The fourth-order valence-corrected chi connectivity index (χ4v) is 6.80. The number of fused-ring (bicyclic) bond motifs is 4. The monoisotopic (exact) mass is 655 g/mol. The van der Waals surface area contributed by atoms with Gasteiger partial charge in [0.25, 0.3) is 0 Å². The number of aromatic nitrogens is 2. The number of rotatable bonds is 7. The summed E-state index contributed by atoms with van der Waals surface area (Å²) < 4.78 is 7.88. The van der Waals surface area contributed by atoms with E-state index in [9.17, 15) is 19.2 Å². The number of carbonyl (C=O) groups is 4. The maximum absolute atomic E-state index is 14.1. The van der Waals surface area contributed by atoms with Crippen molar-refractivity contribution in [3.8, 4) is 11.5 Å². The van der Waals surface area contributed by atoms with Crippen LogP contribution in [0.5, 0.6) is 11.5 Å². The van der Waals surface area contributed by atoms with Crippen LogP contribution in [0.15, 0.2) is 60.9 Å². The van der Waals surface area contributed by atoms with Crippen LogP contribution in [0.4, 0.5) is 0 Å². The zero-order chi connectivity index (χ0) is 33.5. The summed E-state index contributed by atoms with van der Waals surface area (Å²) in [7, 11) is 1.81. The number of hydrogen-bond acceptors (Lipinski definition) is 7. The number of carbonyl (C=O) groups excluding carboxylic acids is 4. The summed E-state index contributed by atoms with van der Waals surface area (Å²) in [6, 6.07) is 12.4. The molecule has 3 atom stereocenters. The molecule has 3 N–H and O–H groups in total. The largest absolute Gasteiger partial charge is 0.457 e. The number of nitrogens with zero attached hydrogens (tertiary/aromatic N) is 4. The van der Waals surface area contributed by atoms with Gasteiger partial charge in [0, 0.05) is 57.7 Å². The first-order valence-corrected chi connectivity index (χ1v) is 17.0. The number of aryl methyl sites for hydroxylation is 1. The third kappa shape index (κ3) is 8.60. The normalized spacial score (nSPS) is 22.5. The van der Waals surface area contributed by atoms with Crippen molar-refractivity contribution in [3.63, 3.8) is 0 Å². The number of nitrogens with one attached hydrogen (secondary N) is 3. The molecule has 3 aliphatic heterocycles. The summed E-state index contributed by atoms with van der Waals surface area (Å²) in [6.45, 7) is 3.25. The number of hydrogen-bond donors (Lipinski definition) is 3. The zero-order valence-electron chi connectivity index (χ0n) is 27.5. The summed E-state index contributed by atoms with van der Waals surface area (Å²) >= 11 is 0. The first-order valence-electron chi connectivity index (χ1n) is 17.0. The second-order valence-electron chi connectivity index (χ2n) is 13.1. The van der Waals surface area contributed by atoms with Crippen molar-refractivity contribution in [2.75, 3.05) is 26.2 Å². The second kappa shape index (κ2) is 15.5. The molecule has 0 radical (unpaired) electrons. The summed E-state index contributed by atoms with van der Waals surface area (Å²) in [4.78, 5) is 58.9. The van der Waals surface area contributed by atoms with Crippen LogP contribution in [0, 0.1) is 0 Å². The predicted molar refractivity (Wildman–Crippen MR) is 179 cm³/mol. The molecule has 2 aromatic carbocycles. The molecule has 0 aliphatic carbocycles. The Morgan fingerprint density at radius 3 is 2.31 bits per heavy atom. The number of ether oxygens (including phenoxy) is 1. The third-order valence-corrected chi connectivity index (χ3v) is 9.36. The van der Waals surface area contributed by atoms with Crippen LogP contribution < -0.4 is 20.7 Å². The van der Waals surface area contributed by atoms with E-state index >= 15 is 0 Å². The van der Waals surface area contributed by atoms with Crippen LogP contribution >= 0.6 is 0 Å². The summed E-state index contributed by atoms with van der Waals surface area (Å²) in [6.07, 6.45) is 8.81. The summed E-state index contributed by atoms with van der Waals surface area (Å²) in [5, 5.41) is 13.1. The SMILES string of the molecule is Cn1cc(CNC(=O)[C@@H]2Cc3cccc(c3)Oc3cccc(c3)C[C@H](N3CCCC3=O)C(=O)N[C@@H](CCN3CCCCC3)C(=O)N2)cn1. The molecular weight excluding hydrogens is 610 g/mol. The van der Waals surface area contributed by atoms with Crippen molar-refractivity contribution in [3.05, 3.63) is 77.6 Å². The second-order valence-corrected chi connectivity index (χ2v) is 13.1. The van der Waals surface area contributed by atoms with Crippen LogP contribution in [-0.4, -0.2) is 87.5 Å². The molecule has 0 spiro atoms. The molecule has 4 heterocycles. The number of amides is 4. The van der Waals surface area contributed by atoms with Crippen molar-refractivity contribution < 1.29 is 23.9 Å². The molecule has 2 saturated heterocycles. The Labute approximate surface area is 281 Å². The molecule has 12 heteroatoms. The Morgan fingerprint density at radius 1 is 0.917 bits per heavy atom. The molecule has 2 fully saturated rings. The molecule has 48 heavy (non-hydrogen) atoms. The Bertz CT molecular complexity index is 1620. The number of piperidine rings is 1. The highest BCUT2D eigenvalue weighted by atomic mass is 16.5. The van der Waals surface area contributed by atoms with Gasteiger partial charge in [0.1, 0.15) is 29.6 Å². The topological polar surface area (TPSA) is 138 Å². The van der Waals surface area contributed by atoms with Crippen molar-refractivity contribution in [2.45, 2.75) is 76.0 Å². The average molecular weight is 656 g/mol. The molecule has 3 aliphatic rings. The van der Waals surface area contributed by atoms with E-state index in [1.165, 1.54) is 6.42 Å². The number of benzene rings is 2. The molecule has 4 amide bonds. The van der Waals surface area contributed by atoms with Gasteiger partial charge < -0.3 is 30.5 Å². The van der Waals surface area contributed by atoms with E-state index in [-0.39, 0.29) is 37.1 Å². The van der Waals surface area contributed by atoms with E-state index in [4.69, 9.17) is 4.74 Å². The van der Waals surface area contributed by atoms with Crippen LogP contribution in [-0.2, 0) is 45.6 Å². The lowest BCUT2D eigenvalue weighted by molar-refractivity contribution is -0.139. The Hall–Kier alpha value is -4.71. The molecule has 254 valence electrons. The van der Waals surface area contributed by atoms with Crippen LogP contribution in [0.25, 0.3) is 0 Å². The van der Waals surface area contributed by atoms with E-state index in [1.54, 1.807) is 22.8 Å². The molecule has 1 aromatic heterocycles. The maximum atomic E-state index is 14.1. The fourth-order valence-electron chi connectivity index (χ4n) is 6.80. The molecule has 6 rings (SSSR count). The standard InChI is InChI=1S/C36H45N7O5/c1-41-24-27(23-38-41)22-37-34(45)31-20-25-8-5-10-28(18-25)48-29-11-6-9-26(19-29)21-32(43-16-7-12-33(43)44)36(47)39-30(35(46)40-31)13-17-42-14-3-2-4-15-42/h5-6,8-11,18-19,23-24,30-32H,2-4,7,12-17,20-22H2,1H3,(H,37,45)(H,39,47)(H,40,46)/t30-,31-,32-/m0/s1. The third-order valence-electron chi connectivity index (χ3n) is 9.36. The Kier molecular flexibility index (Phi) is 10.7. The smallest absolute Gasteiger partial charge is 0.243 e. The fraction of sp³-hybridized carbons (Fsp3) is 0.472. The Balaban J connectivity index is 1.32. The average Bonchev–Trinajstić information content (AvgIpc) is 3.71. The highest BCUT2D eigenvalue weighted by molar-refractivity contribution is 5.94. The lowest BCUT2D eigenvalue weighted by Crippen LogP contribution is -2.58. The molecule has 0 saturated carbocycles. The van der Waals surface area contributed by atoms with Gasteiger partial charge in [0.15, 0.2) is 0 Å². The molecule has 12 nitrogen and oxygen atoms in total. The minimum atomic E-state index is -0.925. The van der Waals surface area contributed by atoms with Crippen molar-refractivity contribution >= 4 is 23.6 Å². The van der Waals surface area contributed by atoms with Crippen molar-refractivity contribution in [1.82, 2.24) is 35.5 Å². The van der Waals surface area contributed by atoms with Gasteiger partial charge in [-0.05, 0) is 74.2 Å². The first kappa shape index (κ1) is 33.2. The van der Waals surface area contributed by atoms with Gasteiger partial charge in [0.2, 0.25) is 23.6 Å². The molecule has 3 aromatic rings. The van der Waals surface area contributed by atoms with Crippen LogP contribution in [0.2, 0.25) is 0 Å². The van der Waals surface area contributed by atoms with Crippen molar-refractivity contribution in [2.24, 2.45) is 7.05 Å². The molecule has 0 unspecified atom stereocenters. The lowest BCUT2D eigenvalue weighted by Gasteiger charge is -2.31. The summed E-state index contributed by atoms with van der Waals surface area (Å²) in [5.41, 5.74) is 2.48. The van der Waals surface area contributed by atoms with Gasteiger partial charge in [-0.25, -0.2) is 0 Å².